The van der Waals surface area contributed by atoms with E-state index in [4.69, 9.17) is 4.74 Å². The summed E-state index contributed by atoms with van der Waals surface area (Å²) in [6, 6.07) is 9.25. The van der Waals surface area contributed by atoms with E-state index in [2.05, 4.69) is 29.6 Å². The zero-order chi connectivity index (χ0) is 11.7. The molecule has 0 saturated heterocycles. The van der Waals surface area contributed by atoms with Gasteiger partial charge in [-0.1, -0.05) is 18.2 Å². The third-order valence-corrected chi connectivity index (χ3v) is 3.90. The minimum atomic E-state index is 0.700. The van der Waals surface area contributed by atoms with Crippen molar-refractivity contribution in [2.24, 2.45) is 11.8 Å². The Morgan fingerprint density at radius 3 is 2.41 bits per heavy atom. The first-order valence-corrected chi connectivity index (χ1v) is 6.72. The molecule has 0 bridgehead atoms. The van der Waals surface area contributed by atoms with Crippen LogP contribution in [0.1, 0.15) is 31.2 Å². The Hall–Kier alpha value is -1.02. The number of rotatable bonds is 6. The molecule has 1 aromatic rings. The van der Waals surface area contributed by atoms with Crippen LogP contribution < -0.4 is 5.32 Å². The lowest BCUT2D eigenvalue weighted by molar-refractivity contribution is 0.185. The van der Waals surface area contributed by atoms with Crippen molar-refractivity contribution < 1.29 is 4.74 Å². The first-order chi connectivity index (χ1) is 8.38. The van der Waals surface area contributed by atoms with Crippen molar-refractivity contribution in [3.05, 3.63) is 29.8 Å². The summed E-state index contributed by atoms with van der Waals surface area (Å²) in [6.07, 6.45) is 5.67. The van der Waals surface area contributed by atoms with Crippen LogP contribution in [0.2, 0.25) is 0 Å². The molecule has 0 atom stereocenters. The minimum Gasteiger partial charge on any atom is -0.381 e. The van der Waals surface area contributed by atoms with Gasteiger partial charge in [-0.3, -0.25) is 0 Å². The number of hydrogen-bond acceptors (Lipinski definition) is 2. The first-order valence-electron chi connectivity index (χ1n) is 6.72. The smallest absolute Gasteiger partial charge is 0.0733 e. The average Bonchev–Trinajstić information content (AvgIpc) is 3.21. The van der Waals surface area contributed by atoms with Gasteiger partial charge in [0.2, 0.25) is 0 Å². The molecule has 2 nitrogen and oxygen atoms in total. The lowest BCUT2D eigenvalue weighted by Gasteiger charge is -2.21. The van der Waals surface area contributed by atoms with Gasteiger partial charge in [0.1, 0.15) is 0 Å². The summed E-state index contributed by atoms with van der Waals surface area (Å²) in [5.74, 6) is 1.86. The number of anilines is 1. The van der Waals surface area contributed by atoms with Crippen LogP contribution in [0.15, 0.2) is 24.3 Å². The van der Waals surface area contributed by atoms with Gasteiger partial charge in [-0.25, -0.2) is 0 Å². The van der Waals surface area contributed by atoms with E-state index in [-0.39, 0.29) is 0 Å². The van der Waals surface area contributed by atoms with E-state index < -0.39 is 0 Å². The Morgan fingerprint density at radius 1 is 1.18 bits per heavy atom. The molecule has 92 valence electrons. The van der Waals surface area contributed by atoms with Gasteiger partial charge in [-0.2, -0.15) is 0 Å². The predicted molar refractivity (Wildman–Crippen MR) is 70.0 cm³/mol. The van der Waals surface area contributed by atoms with Gasteiger partial charge in [0.25, 0.3) is 0 Å². The molecule has 1 N–H and O–H groups in total. The van der Waals surface area contributed by atoms with Crippen LogP contribution in [-0.2, 0) is 11.3 Å². The summed E-state index contributed by atoms with van der Waals surface area (Å²) in [5, 5.41) is 3.78. The molecular formula is C15H21NO. The number of ether oxygens (including phenoxy) is 1. The minimum absolute atomic E-state index is 0.700. The number of methoxy groups -OCH3 is 1. The van der Waals surface area contributed by atoms with Crippen LogP contribution in [0.25, 0.3) is 0 Å². The maximum absolute atomic E-state index is 5.26. The summed E-state index contributed by atoms with van der Waals surface area (Å²) >= 11 is 0. The van der Waals surface area contributed by atoms with Crippen LogP contribution in [-0.4, -0.2) is 13.2 Å². The molecule has 0 radical (unpaired) electrons. The van der Waals surface area contributed by atoms with Crippen LogP contribution in [0.3, 0.4) is 0 Å². The summed E-state index contributed by atoms with van der Waals surface area (Å²) in [5.41, 5.74) is 2.56. The second-order valence-electron chi connectivity index (χ2n) is 5.44. The molecule has 2 heteroatoms. The number of para-hydroxylation sites is 1. The van der Waals surface area contributed by atoms with Gasteiger partial charge in [0.15, 0.2) is 0 Å². The van der Waals surface area contributed by atoms with E-state index in [9.17, 15) is 0 Å². The lowest BCUT2D eigenvalue weighted by Crippen LogP contribution is -2.24. The molecule has 0 unspecified atom stereocenters. The highest BCUT2D eigenvalue weighted by atomic mass is 16.5. The van der Waals surface area contributed by atoms with Gasteiger partial charge >= 0.3 is 0 Å². The van der Waals surface area contributed by atoms with Crippen LogP contribution >= 0.6 is 0 Å². The van der Waals surface area contributed by atoms with Crippen molar-refractivity contribution in [2.45, 2.75) is 38.3 Å². The number of hydrogen-bond donors (Lipinski definition) is 1. The topological polar surface area (TPSA) is 21.3 Å². The number of benzene rings is 1. The van der Waals surface area contributed by atoms with Gasteiger partial charge in [-0.05, 0) is 43.6 Å². The highest BCUT2D eigenvalue weighted by Gasteiger charge is 2.41. The molecule has 0 amide bonds. The van der Waals surface area contributed by atoms with Crippen LogP contribution in [0, 0.1) is 11.8 Å². The molecule has 0 heterocycles. The van der Waals surface area contributed by atoms with Crippen LogP contribution in [0.4, 0.5) is 5.69 Å². The van der Waals surface area contributed by atoms with Crippen molar-refractivity contribution in [1.29, 1.82) is 0 Å². The van der Waals surface area contributed by atoms with Gasteiger partial charge in [0, 0.05) is 24.4 Å². The van der Waals surface area contributed by atoms with E-state index >= 15 is 0 Å². The average molecular weight is 231 g/mol. The Morgan fingerprint density at radius 2 is 1.82 bits per heavy atom. The standard InChI is InChI=1S/C15H21NO/c1-17-10-13-4-2-3-5-14(13)16-15(11-6-7-11)12-8-9-12/h2-5,11-12,15-16H,6-10H2,1H3. The quantitative estimate of drug-likeness (QED) is 0.810. The Kier molecular flexibility index (Phi) is 3.06. The van der Waals surface area contributed by atoms with E-state index in [0.29, 0.717) is 12.6 Å². The normalized spacial score (nSPS) is 19.6. The Labute approximate surface area is 103 Å². The van der Waals surface area contributed by atoms with E-state index in [1.165, 1.54) is 36.9 Å². The summed E-state index contributed by atoms with van der Waals surface area (Å²) in [4.78, 5) is 0. The molecule has 17 heavy (non-hydrogen) atoms. The maximum Gasteiger partial charge on any atom is 0.0733 e. The van der Waals surface area contributed by atoms with E-state index in [1.54, 1.807) is 7.11 Å². The second kappa shape index (κ2) is 4.69. The molecule has 0 aromatic heterocycles. The summed E-state index contributed by atoms with van der Waals surface area (Å²) in [7, 11) is 1.76. The highest BCUT2D eigenvalue weighted by Crippen LogP contribution is 2.46. The molecule has 0 aliphatic heterocycles. The predicted octanol–water partition coefficient (Wildman–Crippen LogP) is 3.43. The largest absolute Gasteiger partial charge is 0.381 e. The van der Waals surface area contributed by atoms with Crippen molar-refractivity contribution in [3.63, 3.8) is 0 Å². The Balaban J connectivity index is 1.73. The molecule has 2 aliphatic carbocycles. The monoisotopic (exact) mass is 231 g/mol. The fourth-order valence-electron chi connectivity index (χ4n) is 2.65. The lowest BCUT2D eigenvalue weighted by atomic mass is 10.1. The van der Waals surface area contributed by atoms with Crippen molar-refractivity contribution >= 4 is 5.69 Å². The maximum atomic E-state index is 5.26. The third kappa shape index (κ3) is 2.63. The van der Waals surface area contributed by atoms with Crippen molar-refractivity contribution in [1.82, 2.24) is 0 Å². The van der Waals surface area contributed by atoms with E-state index in [0.717, 1.165) is 11.8 Å². The first kappa shape index (κ1) is 11.1. The molecule has 2 aliphatic rings. The van der Waals surface area contributed by atoms with Gasteiger partial charge < -0.3 is 10.1 Å². The van der Waals surface area contributed by atoms with Crippen molar-refractivity contribution in [3.8, 4) is 0 Å². The second-order valence-corrected chi connectivity index (χ2v) is 5.44. The Bertz CT molecular complexity index is 370. The van der Waals surface area contributed by atoms with Crippen molar-refractivity contribution in [2.75, 3.05) is 12.4 Å². The van der Waals surface area contributed by atoms with Gasteiger partial charge in [0.05, 0.1) is 6.61 Å². The molecule has 2 saturated carbocycles. The third-order valence-electron chi connectivity index (χ3n) is 3.90. The molecular weight excluding hydrogens is 210 g/mol. The van der Waals surface area contributed by atoms with E-state index in [1.807, 2.05) is 0 Å². The SMILES string of the molecule is COCc1ccccc1NC(C1CC1)C1CC1. The molecule has 0 spiro atoms. The summed E-state index contributed by atoms with van der Waals surface area (Å²) < 4.78 is 5.26. The number of nitrogens with one attached hydrogen (secondary N) is 1. The fraction of sp³-hybridized carbons (Fsp3) is 0.600. The van der Waals surface area contributed by atoms with Gasteiger partial charge in [-0.15, -0.1) is 0 Å². The molecule has 2 fully saturated rings. The zero-order valence-corrected chi connectivity index (χ0v) is 10.5. The fourth-order valence-corrected chi connectivity index (χ4v) is 2.65. The highest BCUT2D eigenvalue weighted by molar-refractivity contribution is 5.52. The zero-order valence-electron chi connectivity index (χ0n) is 10.5. The summed E-state index contributed by atoms with van der Waals surface area (Å²) in [6.45, 7) is 0.700. The molecule has 1 aromatic carbocycles. The van der Waals surface area contributed by atoms with Crippen LogP contribution in [0.5, 0.6) is 0 Å². The molecule has 3 rings (SSSR count).